The molecule has 5 heteroatoms. The zero-order valence-electron chi connectivity index (χ0n) is 13.1. The molecule has 4 nitrogen and oxygen atoms in total. The van der Waals surface area contributed by atoms with Crippen molar-refractivity contribution < 1.29 is 13.7 Å². The third kappa shape index (κ3) is 3.35. The van der Waals surface area contributed by atoms with Gasteiger partial charge in [0.25, 0.3) is 0 Å². The number of ether oxygens (including phenoxy) is 1. The number of rotatable bonds is 4. The Morgan fingerprint density at radius 1 is 1.24 bits per heavy atom. The van der Waals surface area contributed by atoms with Gasteiger partial charge in [-0.1, -0.05) is 12.1 Å². The first kappa shape index (κ1) is 16.2. The van der Waals surface area contributed by atoms with E-state index in [2.05, 4.69) is 4.72 Å². The van der Waals surface area contributed by atoms with Crippen molar-refractivity contribution in [3.63, 3.8) is 0 Å². The summed E-state index contributed by atoms with van der Waals surface area (Å²) in [5, 5.41) is 0. The van der Waals surface area contributed by atoms with E-state index in [4.69, 9.17) is 4.74 Å². The van der Waals surface area contributed by atoms with Gasteiger partial charge in [-0.05, 0) is 57.7 Å². The number of carbonyl (C=O) groups is 1. The highest BCUT2D eigenvalue weighted by Crippen LogP contribution is 2.42. The number of benzene rings is 1. The Morgan fingerprint density at radius 2 is 1.81 bits per heavy atom. The van der Waals surface area contributed by atoms with Gasteiger partial charge in [0, 0.05) is 0 Å². The fraction of sp³-hybridized carbons (Fsp3) is 0.562. The summed E-state index contributed by atoms with van der Waals surface area (Å²) in [6.07, 6.45) is 3.05. The average Bonchev–Trinajstić information content (AvgIpc) is 2.41. The lowest BCUT2D eigenvalue weighted by atomic mass is 9.72. The molecule has 1 unspecified atom stereocenters. The van der Waals surface area contributed by atoms with Gasteiger partial charge in [0.1, 0.15) is 0 Å². The molecule has 0 saturated heterocycles. The quantitative estimate of drug-likeness (QED) is 0.870. The van der Waals surface area contributed by atoms with E-state index in [1.54, 1.807) is 12.1 Å². The summed E-state index contributed by atoms with van der Waals surface area (Å²) < 4.78 is 20.1. The van der Waals surface area contributed by atoms with Crippen molar-refractivity contribution in [1.29, 1.82) is 0 Å². The molecule has 1 atom stereocenters. The molecular formula is C16H23NO3S. The van der Waals surface area contributed by atoms with Crippen molar-refractivity contribution in [3.05, 3.63) is 35.4 Å². The molecule has 116 valence electrons. The van der Waals surface area contributed by atoms with E-state index in [-0.39, 0.29) is 16.3 Å². The molecule has 0 heterocycles. The maximum Gasteiger partial charge on any atom is 0.337 e. The van der Waals surface area contributed by atoms with Crippen LogP contribution >= 0.6 is 0 Å². The predicted octanol–water partition coefficient (Wildman–Crippen LogP) is 2.90. The number of esters is 1. The van der Waals surface area contributed by atoms with Crippen LogP contribution in [0.1, 0.15) is 56.0 Å². The molecule has 0 spiro atoms. The second-order valence-electron chi connectivity index (χ2n) is 6.49. The lowest BCUT2D eigenvalue weighted by molar-refractivity contribution is 0.0600. The average molecular weight is 309 g/mol. The highest BCUT2D eigenvalue weighted by molar-refractivity contribution is 7.84. The number of hydrogen-bond acceptors (Lipinski definition) is 3. The first-order valence-electron chi connectivity index (χ1n) is 7.17. The maximum atomic E-state index is 12.4. The van der Waals surface area contributed by atoms with Gasteiger partial charge < -0.3 is 4.74 Å². The van der Waals surface area contributed by atoms with Crippen LogP contribution in [0.25, 0.3) is 0 Å². The Hall–Kier alpha value is -1.20. The first-order valence-corrected chi connectivity index (χ1v) is 8.32. The molecule has 0 aromatic heterocycles. The van der Waals surface area contributed by atoms with E-state index in [1.165, 1.54) is 7.11 Å². The van der Waals surface area contributed by atoms with Crippen LogP contribution in [-0.2, 0) is 21.3 Å². The van der Waals surface area contributed by atoms with E-state index in [9.17, 15) is 9.00 Å². The van der Waals surface area contributed by atoms with E-state index < -0.39 is 11.0 Å². The Bertz CT molecular complexity index is 542. The third-order valence-electron chi connectivity index (χ3n) is 3.91. The number of carbonyl (C=O) groups excluding carboxylic acids is 1. The number of nitrogens with one attached hydrogen (secondary N) is 1. The van der Waals surface area contributed by atoms with Gasteiger partial charge in [-0.25, -0.2) is 13.7 Å². The second-order valence-corrected chi connectivity index (χ2v) is 8.45. The molecule has 21 heavy (non-hydrogen) atoms. The highest BCUT2D eigenvalue weighted by Gasteiger charge is 2.41. The van der Waals surface area contributed by atoms with Crippen molar-refractivity contribution in [1.82, 2.24) is 4.72 Å². The lowest BCUT2D eigenvalue weighted by Gasteiger charge is -2.44. The smallest absolute Gasteiger partial charge is 0.337 e. The molecule has 0 amide bonds. The summed E-state index contributed by atoms with van der Waals surface area (Å²) in [6.45, 7) is 5.88. The molecule has 1 aromatic rings. The third-order valence-corrected chi connectivity index (χ3v) is 5.60. The van der Waals surface area contributed by atoms with Crippen molar-refractivity contribution in [2.75, 3.05) is 7.11 Å². The molecule has 0 radical (unpaired) electrons. The van der Waals surface area contributed by atoms with Gasteiger partial charge in [0.15, 0.2) is 0 Å². The summed E-state index contributed by atoms with van der Waals surface area (Å²) in [7, 11) is 0.259. The van der Waals surface area contributed by atoms with E-state index in [0.717, 1.165) is 24.8 Å². The van der Waals surface area contributed by atoms with E-state index >= 15 is 0 Å². The van der Waals surface area contributed by atoms with Crippen LogP contribution < -0.4 is 4.72 Å². The van der Waals surface area contributed by atoms with Gasteiger partial charge in [-0.15, -0.1) is 0 Å². The lowest BCUT2D eigenvalue weighted by Crippen LogP contribution is -2.52. The number of hydrogen-bond donors (Lipinski definition) is 1. The fourth-order valence-corrected chi connectivity index (χ4v) is 3.34. The Kier molecular flexibility index (Phi) is 4.54. The van der Waals surface area contributed by atoms with Crippen molar-refractivity contribution in [2.24, 2.45) is 0 Å². The molecule has 1 N–H and O–H groups in total. The molecule has 0 bridgehead atoms. The summed E-state index contributed by atoms with van der Waals surface area (Å²) in [5.74, 6) is -0.338. The van der Waals surface area contributed by atoms with Crippen LogP contribution in [0, 0.1) is 0 Å². The van der Waals surface area contributed by atoms with Gasteiger partial charge >= 0.3 is 5.97 Å². The zero-order valence-corrected chi connectivity index (χ0v) is 13.9. The van der Waals surface area contributed by atoms with Crippen LogP contribution in [0.3, 0.4) is 0 Å². The minimum atomic E-state index is -1.11. The largest absolute Gasteiger partial charge is 0.465 e. The summed E-state index contributed by atoms with van der Waals surface area (Å²) in [6, 6.07) is 7.39. The van der Waals surface area contributed by atoms with Crippen LogP contribution in [0.15, 0.2) is 24.3 Å². The minimum Gasteiger partial charge on any atom is -0.465 e. The minimum absolute atomic E-state index is 0.229. The first-order chi connectivity index (χ1) is 9.78. The fourth-order valence-electron chi connectivity index (χ4n) is 2.35. The number of methoxy groups -OCH3 is 1. The van der Waals surface area contributed by atoms with E-state index in [0.29, 0.717) is 5.56 Å². The zero-order chi connectivity index (χ0) is 15.7. The summed E-state index contributed by atoms with van der Waals surface area (Å²) in [5.41, 5.74) is 1.39. The summed E-state index contributed by atoms with van der Waals surface area (Å²) >= 11 is 0. The highest BCUT2D eigenvalue weighted by atomic mass is 32.2. The van der Waals surface area contributed by atoms with Gasteiger partial charge in [0.2, 0.25) is 0 Å². The van der Waals surface area contributed by atoms with Crippen LogP contribution in [0.2, 0.25) is 0 Å². The van der Waals surface area contributed by atoms with E-state index in [1.807, 2.05) is 32.9 Å². The second kappa shape index (κ2) is 5.89. The molecule has 0 aliphatic heterocycles. The SMILES string of the molecule is COC(=O)c1ccc(C2(NS(=O)C(C)(C)C)CCC2)cc1. The summed E-state index contributed by atoms with van der Waals surface area (Å²) in [4.78, 5) is 11.5. The standard InChI is InChI=1S/C16H23NO3S/c1-15(2,3)21(19)17-16(10-5-11-16)13-8-6-12(7-9-13)14(18)20-4/h6-9,17H,5,10-11H2,1-4H3. The predicted molar refractivity (Wildman–Crippen MR) is 84.3 cm³/mol. The van der Waals surface area contributed by atoms with Crippen molar-refractivity contribution in [2.45, 2.75) is 50.3 Å². The molecular weight excluding hydrogens is 286 g/mol. The Labute approximate surface area is 128 Å². The van der Waals surface area contributed by atoms with Gasteiger partial charge in [-0.2, -0.15) is 0 Å². The molecule has 1 aliphatic carbocycles. The van der Waals surface area contributed by atoms with Crippen LogP contribution in [0.5, 0.6) is 0 Å². The Balaban J connectivity index is 2.21. The normalized spacial score (nSPS) is 18.7. The van der Waals surface area contributed by atoms with Gasteiger partial charge in [-0.3, -0.25) is 0 Å². The monoisotopic (exact) mass is 309 g/mol. The maximum absolute atomic E-state index is 12.4. The topological polar surface area (TPSA) is 55.4 Å². The molecule has 2 rings (SSSR count). The molecule has 1 saturated carbocycles. The molecule has 1 aromatic carbocycles. The Morgan fingerprint density at radius 3 is 2.19 bits per heavy atom. The van der Waals surface area contributed by atoms with Gasteiger partial charge in [0.05, 0.1) is 33.9 Å². The van der Waals surface area contributed by atoms with Crippen molar-refractivity contribution >= 4 is 17.0 Å². The molecule has 1 aliphatic rings. The van der Waals surface area contributed by atoms with Crippen molar-refractivity contribution in [3.8, 4) is 0 Å². The van der Waals surface area contributed by atoms with Crippen LogP contribution in [-0.4, -0.2) is 22.0 Å². The molecule has 1 fully saturated rings. The van der Waals surface area contributed by atoms with Crippen LogP contribution in [0.4, 0.5) is 0 Å².